The third kappa shape index (κ3) is 4.69. The molecule has 4 nitrogen and oxygen atoms in total. The van der Waals surface area contributed by atoms with Gasteiger partial charge >= 0.3 is 5.97 Å². The third-order valence-corrected chi connectivity index (χ3v) is 4.17. The van der Waals surface area contributed by atoms with E-state index in [9.17, 15) is 15.0 Å². The van der Waals surface area contributed by atoms with Crippen LogP contribution in [0.15, 0.2) is 23.8 Å². The predicted octanol–water partition coefficient (Wildman–Crippen LogP) is 5.73. The van der Waals surface area contributed by atoms with Gasteiger partial charge in [-0.2, -0.15) is 0 Å². The lowest BCUT2D eigenvalue weighted by Crippen LogP contribution is -2.32. The second-order valence-electron chi connectivity index (χ2n) is 6.65. The fourth-order valence-electron chi connectivity index (χ4n) is 2.85. The number of fused-ring (bicyclic) bond motifs is 1. The number of carbonyl (C=O) groups is 1. The van der Waals surface area contributed by atoms with Crippen molar-refractivity contribution in [3.05, 3.63) is 40.5 Å². The minimum atomic E-state index is -3.59. The largest absolute Gasteiger partial charge is 0.506 e. The Balaban J connectivity index is 2.56. The van der Waals surface area contributed by atoms with Gasteiger partial charge in [-0.3, -0.25) is 0 Å². The Kier molecular flexibility index (Phi) is 3.51. The number of phenols is 1. The SMILES string of the molecule is [2H]C([2H])([2H])C([2H])([2H])C([2H])([2H])C([2H])([2H])Cc1cc2c(c(O)c1C(=O)O)C=CC(C)(CCC=C(C)C)O2. The first-order valence-electron chi connectivity index (χ1n) is 12.8. The fraction of sp³-hybridized carbons (Fsp3) is 0.500. The summed E-state index contributed by atoms with van der Waals surface area (Å²) in [6, 6.07) is 1.18. The molecule has 1 aliphatic rings. The predicted molar refractivity (Wildman–Crippen MR) is 105 cm³/mol. The molecule has 0 radical (unpaired) electrons. The summed E-state index contributed by atoms with van der Waals surface area (Å²) in [6.07, 6.45) is -4.91. The summed E-state index contributed by atoms with van der Waals surface area (Å²) in [5, 5.41) is 20.4. The molecular weight excluding hydrogens is 328 g/mol. The number of aromatic carboxylic acids is 1. The lowest BCUT2D eigenvalue weighted by atomic mass is 9.91. The minimum Gasteiger partial charge on any atom is -0.506 e. The zero-order valence-corrected chi connectivity index (χ0v) is 15.1. The molecule has 0 aliphatic carbocycles. The molecule has 0 amide bonds. The summed E-state index contributed by atoms with van der Waals surface area (Å²) in [7, 11) is 0. The van der Waals surface area contributed by atoms with E-state index >= 15 is 0 Å². The maximum absolute atomic E-state index is 11.9. The number of aromatic hydroxyl groups is 1. The van der Waals surface area contributed by atoms with Crippen LogP contribution in [-0.4, -0.2) is 21.8 Å². The van der Waals surface area contributed by atoms with Crippen LogP contribution in [0.5, 0.6) is 11.5 Å². The number of carboxylic acid groups (broad SMARTS) is 1. The van der Waals surface area contributed by atoms with Crippen molar-refractivity contribution >= 4 is 12.0 Å². The molecule has 0 bridgehead atoms. The Hall–Kier alpha value is -2.23. The average molecular weight is 368 g/mol. The van der Waals surface area contributed by atoms with E-state index in [1.54, 1.807) is 13.0 Å². The highest BCUT2D eigenvalue weighted by atomic mass is 16.5. The molecule has 0 saturated heterocycles. The second-order valence-corrected chi connectivity index (χ2v) is 6.65. The summed E-state index contributed by atoms with van der Waals surface area (Å²) in [6.45, 7) is 2.21. The highest BCUT2D eigenvalue weighted by Crippen LogP contribution is 2.42. The minimum absolute atomic E-state index is 0.0555. The van der Waals surface area contributed by atoms with Crippen LogP contribution in [0.1, 0.15) is 93.4 Å². The molecule has 0 spiro atoms. The van der Waals surface area contributed by atoms with E-state index in [1.807, 2.05) is 19.9 Å². The van der Waals surface area contributed by atoms with Crippen LogP contribution in [0.25, 0.3) is 6.08 Å². The Labute approximate surface area is 168 Å². The van der Waals surface area contributed by atoms with Crippen LogP contribution in [0.4, 0.5) is 0 Å². The first kappa shape index (κ1) is 10.8. The summed E-state index contributed by atoms with van der Waals surface area (Å²) < 4.78 is 76.1. The topological polar surface area (TPSA) is 66.8 Å². The number of hydrogen-bond donors (Lipinski definition) is 2. The van der Waals surface area contributed by atoms with Crippen molar-refractivity contribution in [3.63, 3.8) is 0 Å². The monoisotopic (exact) mass is 367 g/mol. The van der Waals surface area contributed by atoms with E-state index in [-0.39, 0.29) is 16.9 Å². The van der Waals surface area contributed by atoms with Gasteiger partial charge in [0.15, 0.2) is 0 Å². The summed E-state index contributed by atoms with van der Waals surface area (Å²) in [5.41, 5.74) is -0.689. The number of rotatable bonds is 8. The molecule has 4 heteroatoms. The molecule has 0 saturated carbocycles. The number of benzene rings is 1. The van der Waals surface area contributed by atoms with Gasteiger partial charge in [0.2, 0.25) is 0 Å². The van der Waals surface area contributed by atoms with Gasteiger partial charge in [-0.25, -0.2) is 4.79 Å². The first-order valence-corrected chi connectivity index (χ1v) is 8.31. The lowest BCUT2D eigenvalue weighted by Gasteiger charge is -2.32. The van der Waals surface area contributed by atoms with E-state index in [4.69, 9.17) is 17.1 Å². The maximum atomic E-state index is 11.9. The third-order valence-electron chi connectivity index (χ3n) is 4.17. The highest BCUT2D eigenvalue weighted by molar-refractivity contribution is 5.95. The van der Waals surface area contributed by atoms with Crippen molar-refractivity contribution < 1.29 is 32.1 Å². The normalized spacial score (nSPS) is 25.4. The Bertz CT molecular complexity index is 1050. The van der Waals surface area contributed by atoms with Gasteiger partial charge in [-0.1, -0.05) is 31.2 Å². The Morgan fingerprint density at radius 3 is 2.85 bits per heavy atom. The van der Waals surface area contributed by atoms with Gasteiger partial charge in [0.05, 0.1) is 5.56 Å². The number of hydrogen-bond acceptors (Lipinski definition) is 3. The molecule has 0 fully saturated rings. The van der Waals surface area contributed by atoms with Gasteiger partial charge in [0, 0.05) is 12.3 Å². The molecule has 1 aromatic rings. The molecular formula is C22H30O4. The molecule has 2 rings (SSSR count). The van der Waals surface area contributed by atoms with Crippen LogP contribution >= 0.6 is 0 Å². The van der Waals surface area contributed by atoms with Crippen molar-refractivity contribution in [2.75, 3.05) is 0 Å². The number of carboxylic acids is 1. The Morgan fingerprint density at radius 1 is 1.42 bits per heavy atom. The van der Waals surface area contributed by atoms with Gasteiger partial charge in [0.1, 0.15) is 22.7 Å². The molecule has 26 heavy (non-hydrogen) atoms. The first-order chi connectivity index (χ1) is 15.7. The lowest BCUT2D eigenvalue weighted by molar-refractivity contribution is 0.0692. The van der Waals surface area contributed by atoms with Crippen LogP contribution in [0, 0.1) is 0 Å². The van der Waals surface area contributed by atoms with Crippen molar-refractivity contribution in [2.45, 2.75) is 71.6 Å². The molecule has 0 aromatic heterocycles. The van der Waals surface area contributed by atoms with E-state index in [2.05, 4.69) is 0 Å². The molecule has 1 heterocycles. The number of allylic oxidation sites excluding steroid dienone is 2. The molecule has 1 aliphatic heterocycles. The Morgan fingerprint density at radius 2 is 2.19 bits per heavy atom. The quantitative estimate of drug-likeness (QED) is 0.575. The fourth-order valence-corrected chi connectivity index (χ4v) is 2.85. The standard InChI is InChI=1S/C22H30O4/c1-5-6-7-10-16-14-18-17(20(23)19(16)21(24)25)11-13-22(4,26-18)12-8-9-15(2)3/h9,11,13-14,23H,5-8,10,12H2,1-4H3,(H,24,25)/i1D3,5D2,6D2,7D2. The summed E-state index contributed by atoms with van der Waals surface area (Å²) in [5.74, 6) is -2.26. The van der Waals surface area contributed by atoms with Gasteiger partial charge in [-0.05, 0) is 70.2 Å². The highest BCUT2D eigenvalue weighted by Gasteiger charge is 2.31. The van der Waals surface area contributed by atoms with E-state index in [1.165, 1.54) is 12.1 Å². The molecule has 1 atom stereocenters. The van der Waals surface area contributed by atoms with Crippen LogP contribution < -0.4 is 4.74 Å². The van der Waals surface area contributed by atoms with E-state index < -0.39 is 55.3 Å². The smallest absolute Gasteiger partial charge is 0.339 e. The second kappa shape index (κ2) is 8.43. The van der Waals surface area contributed by atoms with Crippen molar-refractivity contribution in [1.29, 1.82) is 0 Å². The van der Waals surface area contributed by atoms with Crippen molar-refractivity contribution in [1.82, 2.24) is 0 Å². The van der Waals surface area contributed by atoms with Crippen LogP contribution in [0.3, 0.4) is 0 Å². The van der Waals surface area contributed by atoms with Gasteiger partial charge < -0.3 is 14.9 Å². The maximum Gasteiger partial charge on any atom is 0.339 e. The van der Waals surface area contributed by atoms with Crippen molar-refractivity contribution in [2.24, 2.45) is 0 Å². The van der Waals surface area contributed by atoms with Gasteiger partial charge in [0.25, 0.3) is 0 Å². The van der Waals surface area contributed by atoms with Crippen LogP contribution in [-0.2, 0) is 6.42 Å². The van der Waals surface area contributed by atoms with E-state index in [0.717, 1.165) is 5.57 Å². The number of ether oxygens (including phenoxy) is 1. The molecule has 1 aromatic carbocycles. The van der Waals surface area contributed by atoms with Gasteiger partial charge in [-0.15, -0.1) is 0 Å². The summed E-state index contributed by atoms with van der Waals surface area (Å²) >= 11 is 0. The summed E-state index contributed by atoms with van der Waals surface area (Å²) in [4.78, 5) is 11.9. The zero-order chi connectivity index (χ0) is 27.2. The van der Waals surface area contributed by atoms with Crippen LogP contribution in [0.2, 0.25) is 0 Å². The molecule has 142 valence electrons. The molecule has 1 unspecified atom stereocenters. The van der Waals surface area contributed by atoms with Crippen molar-refractivity contribution in [3.8, 4) is 11.5 Å². The molecule has 2 N–H and O–H groups in total. The zero-order valence-electron chi connectivity index (χ0n) is 24.1. The number of aryl methyl sites for hydroxylation is 1. The average Bonchev–Trinajstić information content (AvgIpc) is 2.65. The van der Waals surface area contributed by atoms with E-state index in [0.29, 0.717) is 12.8 Å².